The van der Waals surface area contributed by atoms with Crippen molar-refractivity contribution < 1.29 is 9.13 Å². The van der Waals surface area contributed by atoms with Crippen LogP contribution in [0.2, 0.25) is 0 Å². The molecule has 1 heterocycles. The Morgan fingerprint density at radius 1 is 1.42 bits per heavy atom. The Hall–Kier alpha value is -1.55. The number of hydrogen-bond donors (Lipinski definition) is 1. The van der Waals surface area contributed by atoms with E-state index >= 15 is 0 Å². The molecule has 2 aromatic rings. The zero-order valence-electron chi connectivity index (χ0n) is 11.2. The molecule has 0 unspecified atom stereocenters. The van der Waals surface area contributed by atoms with Crippen molar-refractivity contribution in [2.45, 2.75) is 32.4 Å². The van der Waals surface area contributed by atoms with Crippen molar-refractivity contribution in [1.29, 1.82) is 0 Å². The predicted octanol–water partition coefficient (Wildman–Crippen LogP) is 2.96. The van der Waals surface area contributed by atoms with Crippen LogP contribution in [0.1, 0.15) is 30.8 Å². The first kappa shape index (κ1) is 12.5. The standard InChI is InChI=1S/C15H18FN2O/c1-3-15(17)18-12-6-4-5-9(12)10-7-11(16)14(19-2)8-13(10)18/h3,7-8,15H,4-6,17H2,1-2H3/t15-/m1/s1. The number of methoxy groups -OCH3 is 1. The second-order valence-electron chi connectivity index (χ2n) is 4.98. The van der Waals surface area contributed by atoms with Gasteiger partial charge in [0.1, 0.15) is 0 Å². The number of hydrogen-bond acceptors (Lipinski definition) is 2. The molecular formula is C15H18FN2O. The van der Waals surface area contributed by atoms with Crippen LogP contribution >= 0.6 is 0 Å². The fraction of sp³-hybridized carbons (Fsp3) is 0.400. The van der Waals surface area contributed by atoms with Gasteiger partial charge in [-0.2, -0.15) is 0 Å². The first-order valence-electron chi connectivity index (χ1n) is 6.61. The summed E-state index contributed by atoms with van der Waals surface area (Å²) in [6.45, 7) is 1.94. The van der Waals surface area contributed by atoms with Gasteiger partial charge in [-0.1, -0.05) is 6.92 Å². The molecule has 1 radical (unpaired) electrons. The normalized spacial score (nSPS) is 15.8. The van der Waals surface area contributed by atoms with Gasteiger partial charge in [0.25, 0.3) is 0 Å². The van der Waals surface area contributed by atoms with Gasteiger partial charge in [0.15, 0.2) is 11.6 Å². The average Bonchev–Trinajstić information content (AvgIpc) is 2.97. The molecule has 0 spiro atoms. The molecule has 3 rings (SSSR count). The summed E-state index contributed by atoms with van der Waals surface area (Å²) in [6, 6.07) is 3.34. The monoisotopic (exact) mass is 261 g/mol. The zero-order valence-corrected chi connectivity index (χ0v) is 11.2. The highest BCUT2D eigenvalue weighted by atomic mass is 19.1. The van der Waals surface area contributed by atoms with Crippen LogP contribution in [-0.4, -0.2) is 11.7 Å². The number of halogens is 1. The van der Waals surface area contributed by atoms with E-state index in [0.29, 0.717) is 0 Å². The topological polar surface area (TPSA) is 40.2 Å². The quantitative estimate of drug-likeness (QED) is 0.922. The maximum Gasteiger partial charge on any atom is 0.165 e. The largest absolute Gasteiger partial charge is 0.494 e. The van der Waals surface area contributed by atoms with Crippen LogP contribution in [0.15, 0.2) is 12.1 Å². The van der Waals surface area contributed by atoms with Crippen LogP contribution in [0.25, 0.3) is 10.9 Å². The Morgan fingerprint density at radius 3 is 2.89 bits per heavy atom. The van der Waals surface area contributed by atoms with E-state index in [9.17, 15) is 4.39 Å². The molecule has 1 aromatic carbocycles. The van der Waals surface area contributed by atoms with E-state index in [4.69, 9.17) is 10.5 Å². The van der Waals surface area contributed by atoms with Crippen LogP contribution in [0, 0.1) is 12.2 Å². The summed E-state index contributed by atoms with van der Waals surface area (Å²) in [7, 11) is 1.48. The van der Waals surface area contributed by atoms with Gasteiger partial charge in [-0.3, -0.25) is 0 Å². The van der Waals surface area contributed by atoms with Gasteiger partial charge in [0.2, 0.25) is 0 Å². The highest BCUT2D eigenvalue weighted by Crippen LogP contribution is 2.37. The van der Waals surface area contributed by atoms with Crippen LogP contribution < -0.4 is 10.5 Å². The Labute approximate surface area is 112 Å². The number of nitrogens with zero attached hydrogens (tertiary/aromatic N) is 1. The maximum absolute atomic E-state index is 13.9. The second-order valence-corrected chi connectivity index (χ2v) is 4.98. The number of benzene rings is 1. The van der Waals surface area contributed by atoms with Crippen molar-refractivity contribution in [2.24, 2.45) is 5.73 Å². The van der Waals surface area contributed by atoms with E-state index in [2.05, 4.69) is 4.57 Å². The molecule has 0 aliphatic heterocycles. The third kappa shape index (κ3) is 1.74. The Kier molecular flexibility index (Phi) is 2.97. The van der Waals surface area contributed by atoms with Crippen molar-refractivity contribution in [3.8, 4) is 5.75 Å². The summed E-state index contributed by atoms with van der Waals surface area (Å²) >= 11 is 0. The molecule has 1 aliphatic rings. The summed E-state index contributed by atoms with van der Waals surface area (Å²) < 4.78 is 21.1. The lowest BCUT2D eigenvalue weighted by atomic mass is 10.1. The van der Waals surface area contributed by atoms with Gasteiger partial charge >= 0.3 is 0 Å². The van der Waals surface area contributed by atoms with Crippen molar-refractivity contribution in [2.75, 3.05) is 7.11 Å². The third-order valence-electron chi connectivity index (χ3n) is 3.97. The van der Waals surface area contributed by atoms with E-state index in [-0.39, 0.29) is 17.7 Å². The Bertz CT molecular complexity index is 633. The van der Waals surface area contributed by atoms with E-state index in [1.165, 1.54) is 18.4 Å². The second kappa shape index (κ2) is 4.53. The Balaban J connectivity index is 2.33. The lowest BCUT2D eigenvalue weighted by Crippen LogP contribution is -2.19. The SMILES string of the molecule is C[CH][C@H](N)n1c2c(c3cc(F)c(OC)cc31)CCC2. The predicted molar refractivity (Wildman–Crippen MR) is 73.7 cm³/mol. The molecule has 101 valence electrons. The van der Waals surface area contributed by atoms with Crippen LogP contribution in [0.5, 0.6) is 5.75 Å². The highest BCUT2D eigenvalue weighted by molar-refractivity contribution is 5.87. The first-order chi connectivity index (χ1) is 9.17. The van der Waals surface area contributed by atoms with E-state index in [0.717, 1.165) is 30.2 Å². The van der Waals surface area contributed by atoms with E-state index in [1.54, 1.807) is 12.1 Å². The molecule has 0 bridgehead atoms. The van der Waals surface area contributed by atoms with Gasteiger partial charge < -0.3 is 15.0 Å². The fourth-order valence-electron chi connectivity index (χ4n) is 3.06. The number of fused-ring (bicyclic) bond motifs is 3. The molecule has 0 amide bonds. The summed E-state index contributed by atoms with van der Waals surface area (Å²) in [5.74, 6) is -0.0378. The summed E-state index contributed by atoms with van der Waals surface area (Å²) in [4.78, 5) is 0. The van der Waals surface area contributed by atoms with E-state index in [1.807, 2.05) is 13.3 Å². The number of aromatic nitrogens is 1. The molecule has 1 atom stereocenters. The van der Waals surface area contributed by atoms with Crippen LogP contribution in [0.4, 0.5) is 4.39 Å². The summed E-state index contributed by atoms with van der Waals surface area (Å²) in [6.07, 6.45) is 4.90. The lowest BCUT2D eigenvalue weighted by molar-refractivity contribution is 0.387. The van der Waals surface area contributed by atoms with Gasteiger partial charge in [-0.25, -0.2) is 4.39 Å². The van der Waals surface area contributed by atoms with Crippen molar-refractivity contribution in [1.82, 2.24) is 4.57 Å². The van der Waals surface area contributed by atoms with Gasteiger partial charge in [-0.05, 0) is 37.3 Å². The van der Waals surface area contributed by atoms with Crippen LogP contribution in [-0.2, 0) is 12.8 Å². The van der Waals surface area contributed by atoms with Crippen molar-refractivity contribution in [3.05, 3.63) is 35.6 Å². The Morgan fingerprint density at radius 2 is 2.21 bits per heavy atom. The van der Waals surface area contributed by atoms with Crippen molar-refractivity contribution >= 4 is 10.9 Å². The molecule has 1 aromatic heterocycles. The van der Waals surface area contributed by atoms with Gasteiger partial charge in [-0.15, -0.1) is 0 Å². The highest BCUT2D eigenvalue weighted by Gasteiger charge is 2.25. The molecule has 0 fully saturated rings. The maximum atomic E-state index is 13.9. The summed E-state index contributed by atoms with van der Waals surface area (Å²) in [5.41, 5.74) is 9.63. The molecule has 0 saturated carbocycles. The summed E-state index contributed by atoms with van der Waals surface area (Å²) in [5, 5.41) is 0.975. The minimum absolute atomic E-state index is 0.181. The molecule has 4 heteroatoms. The number of rotatable bonds is 3. The number of nitrogens with two attached hydrogens (primary N) is 1. The minimum atomic E-state index is -0.309. The van der Waals surface area contributed by atoms with Gasteiger partial charge in [0, 0.05) is 17.1 Å². The molecule has 2 N–H and O–H groups in total. The molecule has 19 heavy (non-hydrogen) atoms. The minimum Gasteiger partial charge on any atom is -0.494 e. The van der Waals surface area contributed by atoms with E-state index < -0.39 is 0 Å². The molecule has 0 saturated heterocycles. The van der Waals surface area contributed by atoms with Gasteiger partial charge in [0.05, 0.1) is 18.8 Å². The van der Waals surface area contributed by atoms with Crippen LogP contribution in [0.3, 0.4) is 0 Å². The number of aryl methyl sites for hydroxylation is 1. The molecular weight excluding hydrogens is 243 g/mol. The number of ether oxygens (including phenoxy) is 1. The third-order valence-corrected chi connectivity index (χ3v) is 3.97. The zero-order chi connectivity index (χ0) is 13.6. The molecule has 3 nitrogen and oxygen atoms in total. The first-order valence-corrected chi connectivity index (χ1v) is 6.61. The smallest absolute Gasteiger partial charge is 0.165 e. The fourth-order valence-corrected chi connectivity index (χ4v) is 3.06. The molecule has 1 aliphatic carbocycles. The average molecular weight is 261 g/mol. The van der Waals surface area contributed by atoms with Crippen molar-refractivity contribution in [3.63, 3.8) is 0 Å². The lowest BCUT2D eigenvalue weighted by Gasteiger charge is -2.16.